The molecule has 0 atom stereocenters. The molecule has 3 nitrogen and oxygen atoms in total. The van der Waals surface area contributed by atoms with Crippen LogP contribution >= 0.6 is 11.6 Å². The molecule has 0 aliphatic rings. The molecule has 0 amide bonds. The molecular formula is C14H12ClFO3S. The summed E-state index contributed by atoms with van der Waals surface area (Å²) in [6.45, 7) is 0. The Kier molecular flexibility index (Phi) is 4.30. The Labute approximate surface area is 121 Å². The fraction of sp³-hybridized carbons (Fsp3) is 0.143. The van der Waals surface area contributed by atoms with Crippen molar-refractivity contribution in [1.29, 1.82) is 0 Å². The Bertz CT molecular complexity index is 729. The third-order valence-electron chi connectivity index (χ3n) is 2.76. The molecule has 0 saturated heterocycles. The molecule has 0 aromatic heterocycles. The molecule has 0 unspecified atom stereocenters. The first kappa shape index (κ1) is 14.8. The lowest BCUT2D eigenvalue weighted by atomic mass is 10.2. The van der Waals surface area contributed by atoms with Crippen molar-refractivity contribution in [1.82, 2.24) is 0 Å². The zero-order valence-corrected chi connectivity index (χ0v) is 12.2. The van der Waals surface area contributed by atoms with Gasteiger partial charge in [-0.1, -0.05) is 29.8 Å². The van der Waals surface area contributed by atoms with Crippen LogP contribution in [0.4, 0.5) is 4.39 Å². The van der Waals surface area contributed by atoms with Gasteiger partial charge in [0.25, 0.3) is 0 Å². The number of halogens is 2. The summed E-state index contributed by atoms with van der Waals surface area (Å²) >= 11 is 5.86. The molecule has 0 heterocycles. The maximum absolute atomic E-state index is 13.0. The Morgan fingerprint density at radius 2 is 1.90 bits per heavy atom. The summed E-state index contributed by atoms with van der Waals surface area (Å²) in [4.78, 5) is 0.0860. The average Bonchev–Trinajstić information content (AvgIpc) is 2.42. The van der Waals surface area contributed by atoms with Crippen LogP contribution in [0.3, 0.4) is 0 Å². The number of rotatable bonds is 4. The van der Waals surface area contributed by atoms with Gasteiger partial charge in [0.2, 0.25) is 0 Å². The summed E-state index contributed by atoms with van der Waals surface area (Å²) in [6.07, 6.45) is 0. The number of para-hydroxylation sites is 1. The lowest BCUT2D eigenvalue weighted by Crippen LogP contribution is -2.07. The van der Waals surface area contributed by atoms with Crippen LogP contribution in [0.25, 0.3) is 0 Å². The van der Waals surface area contributed by atoms with Gasteiger partial charge in [0, 0.05) is 5.02 Å². The van der Waals surface area contributed by atoms with Crippen LogP contribution in [0.1, 0.15) is 5.56 Å². The minimum atomic E-state index is -3.62. The monoisotopic (exact) mass is 314 g/mol. The van der Waals surface area contributed by atoms with Crippen molar-refractivity contribution >= 4 is 21.4 Å². The van der Waals surface area contributed by atoms with Crippen LogP contribution in [0.2, 0.25) is 5.02 Å². The predicted octanol–water partition coefficient (Wildman–Crippen LogP) is 3.46. The van der Waals surface area contributed by atoms with Gasteiger partial charge in [-0.25, -0.2) is 12.8 Å². The molecule has 2 aromatic carbocycles. The van der Waals surface area contributed by atoms with Crippen molar-refractivity contribution in [2.24, 2.45) is 0 Å². The number of methoxy groups -OCH3 is 1. The zero-order valence-electron chi connectivity index (χ0n) is 10.6. The van der Waals surface area contributed by atoms with Gasteiger partial charge >= 0.3 is 0 Å². The van der Waals surface area contributed by atoms with Gasteiger partial charge in [-0.2, -0.15) is 0 Å². The van der Waals surface area contributed by atoms with Crippen molar-refractivity contribution in [3.8, 4) is 5.75 Å². The van der Waals surface area contributed by atoms with Gasteiger partial charge in [-0.15, -0.1) is 0 Å². The molecule has 2 aromatic rings. The van der Waals surface area contributed by atoms with Crippen LogP contribution in [-0.2, 0) is 15.6 Å². The lowest BCUT2D eigenvalue weighted by molar-refractivity contribution is 0.402. The SMILES string of the molecule is COc1ccccc1S(=O)(=O)Cc1ccc(F)cc1Cl. The van der Waals surface area contributed by atoms with Gasteiger partial charge in [-0.05, 0) is 29.8 Å². The quantitative estimate of drug-likeness (QED) is 0.868. The normalized spacial score (nSPS) is 11.3. The number of ether oxygens (including phenoxy) is 1. The lowest BCUT2D eigenvalue weighted by Gasteiger charge is -2.10. The van der Waals surface area contributed by atoms with Crippen LogP contribution in [0, 0.1) is 5.82 Å². The maximum Gasteiger partial charge on any atom is 0.186 e. The van der Waals surface area contributed by atoms with E-state index >= 15 is 0 Å². The molecule has 0 spiro atoms. The number of hydrogen-bond donors (Lipinski definition) is 0. The predicted molar refractivity (Wildman–Crippen MR) is 75.3 cm³/mol. The van der Waals surface area contributed by atoms with Crippen LogP contribution in [-0.4, -0.2) is 15.5 Å². The average molecular weight is 315 g/mol. The fourth-order valence-corrected chi connectivity index (χ4v) is 3.67. The van der Waals surface area contributed by atoms with Crippen molar-refractivity contribution in [2.75, 3.05) is 7.11 Å². The second-order valence-corrected chi connectivity index (χ2v) is 6.51. The smallest absolute Gasteiger partial charge is 0.186 e. The van der Waals surface area contributed by atoms with Gasteiger partial charge < -0.3 is 4.74 Å². The first-order chi connectivity index (χ1) is 9.44. The Morgan fingerprint density at radius 1 is 1.20 bits per heavy atom. The number of sulfone groups is 1. The summed E-state index contributed by atoms with van der Waals surface area (Å²) in [7, 11) is -2.22. The van der Waals surface area contributed by atoms with Gasteiger partial charge in [-0.3, -0.25) is 0 Å². The molecule has 0 aliphatic carbocycles. The second-order valence-electron chi connectivity index (χ2n) is 4.15. The highest BCUT2D eigenvalue weighted by atomic mass is 35.5. The molecule has 0 saturated carbocycles. The van der Waals surface area contributed by atoms with Crippen molar-refractivity contribution in [3.63, 3.8) is 0 Å². The molecular weight excluding hydrogens is 303 g/mol. The van der Waals surface area contributed by atoms with Crippen molar-refractivity contribution < 1.29 is 17.5 Å². The fourth-order valence-electron chi connectivity index (χ4n) is 1.80. The van der Waals surface area contributed by atoms with Gasteiger partial charge in [0.15, 0.2) is 9.84 Å². The Hall–Kier alpha value is -1.59. The van der Waals surface area contributed by atoms with E-state index in [1.54, 1.807) is 18.2 Å². The number of hydrogen-bond acceptors (Lipinski definition) is 3. The minimum Gasteiger partial charge on any atom is -0.495 e. The summed E-state index contributed by atoms with van der Waals surface area (Å²) in [6, 6.07) is 9.97. The van der Waals surface area contributed by atoms with E-state index in [-0.39, 0.29) is 21.4 Å². The highest BCUT2D eigenvalue weighted by Crippen LogP contribution is 2.28. The molecule has 6 heteroatoms. The van der Waals surface area contributed by atoms with Crippen molar-refractivity contribution in [3.05, 3.63) is 58.9 Å². The van der Waals surface area contributed by atoms with Gasteiger partial charge in [0.05, 0.1) is 12.9 Å². The molecule has 20 heavy (non-hydrogen) atoms. The first-order valence-corrected chi connectivity index (χ1v) is 7.77. The van der Waals surface area contributed by atoms with E-state index in [9.17, 15) is 12.8 Å². The van der Waals surface area contributed by atoms with E-state index in [2.05, 4.69) is 0 Å². The standard InChI is InChI=1S/C14H12ClFO3S/c1-19-13-4-2-3-5-14(13)20(17,18)9-10-6-7-11(16)8-12(10)15/h2-8H,9H2,1H3. The van der Waals surface area contributed by atoms with E-state index in [0.717, 1.165) is 6.07 Å². The van der Waals surface area contributed by atoms with E-state index < -0.39 is 15.7 Å². The molecule has 0 radical (unpaired) electrons. The minimum absolute atomic E-state index is 0.0860. The molecule has 0 N–H and O–H groups in total. The number of benzene rings is 2. The van der Waals surface area contributed by atoms with Crippen LogP contribution in [0.5, 0.6) is 5.75 Å². The summed E-state index contributed by atoms with van der Waals surface area (Å²) in [5, 5.41) is 0.0865. The Balaban J connectivity index is 2.41. The Morgan fingerprint density at radius 3 is 2.55 bits per heavy atom. The van der Waals surface area contributed by atoms with Gasteiger partial charge in [0.1, 0.15) is 16.5 Å². The molecule has 0 aliphatic heterocycles. The van der Waals surface area contributed by atoms with E-state index in [1.807, 2.05) is 0 Å². The maximum atomic E-state index is 13.0. The summed E-state index contributed by atoms with van der Waals surface area (Å²) < 4.78 is 42.8. The highest BCUT2D eigenvalue weighted by molar-refractivity contribution is 7.90. The van der Waals surface area contributed by atoms with Crippen molar-refractivity contribution in [2.45, 2.75) is 10.6 Å². The second kappa shape index (κ2) is 5.81. The summed E-state index contributed by atoms with van der Waals surface area (Å²) in [5.74, 6) is -0.550. The summed E-state index contributed by atoms with van der Waals surface area (Å²) in [5.41, 5.74) is 0.346. The van der Waals surface area contributed by atoms with Crippen LogP contribution in [0.15, 0.2) is 47.4 Å². The van der Waals surface area contributed by atoms with E-state index in [4.69, 9.17) is 16.3 Å². The third-order valence-corrected chi connectivity index (χ3v) is 4.82. The molecule has 2 rings (SSSR count). The van der Waals surface area contributed by atoms with Crippen LogP contribution < -0.4 is 4.74 Å². The molecule has 0 fully saturated rings. The van der Waals surface area contributed by atoms with E-state index in [1.165, 1.54) is 25.3 Å². The highest BCUT2D eigenvalue weighted by Gasteiger charge is 2.21. The topological polar surface area (TPSA) is 43.4 Å². The largest absolute Gasteiger partial charge is 0.495 e. The zero-order chi connectivity index (χ0) is 14.8. The third kappa shape index (κ3) is 3.11. The first-order valence-electron chi connectivity index (χ1n) is 5.74. The molecule has 106 valence electrons. The van der Waals surface area contributed by atoms with E-state index in [0.29, 0.717) is 5.56 Å². The molecule has 0 bridgehead atoms.